The summed E-state index contributed by atoms with van der Waals surface area (Å²) in [4.78, 5) is 29.7. The molecule has 1 aromatic rings. The number of likely N-dealkylation sites (tertiary alicyclic amines) is 2. The Labute approximate surface area is 173 Å². The van der Waals surface area contributed by atoms with E-state index in [-0.39, 0.29) is 17.2 Å². The van der Waals surface area contributed by atoms with Crippen LogP contribution in [0.25, 0.3) is 0 Å². The molecule has 2 amide bonds. The highest BCUT2D eigenvalue weighted by Crippen LogP contribution is 2.47. The molecule has 0 N–H and O–H groups in total. The summed E-state index contributed by atoms with van der Waals surface area (Å²) in [6.45, 7) is 9.41. The molecular formula is C23H31ClN2O2. The minimum Gasteiger partial charge on any atom is -0.342 e. The van der Waals surface area contributed by atoms with E-state index in [1.165, 1.54) is 5.56 Å². The van der Waals surface area contributed by atoms with Gasteiger partial charge in [-0.2, -0.15) is 0 Å². The maximum Gasteiger partial charge on any atom is 0.228 e. The van der Waals surface area contributed by atoms with Crippen LogP contribution in [0.1, 0.15) is 56.6 Å². The maximum atomic E-state index is 13.1. The maximum absolute atomic E-state index is 13.1. The van der Waals surface area contributed by atoms with Crippen molar-refractivity contribution in [2.45, 2.75) is 52.4 Å². The van der Waals surface area contributed by atoms with Gasteiger partial charge in [0.15, 0.2) is 0 Å². The van der Waals surface area contributed by atoms with Crippen molar-refractivity contribution >= 4 is 23.4 Å². The molecule has 2 atom stereocenters. The number of hydrogen-bond acceptors (Lipinski definition) is 2. The number of halogens is 1. The van der Waals surface area contributed by atoms with Crippen LogP contribution in [0.4, 0.5) is 0 Å². The van der Waals surface area contributed by atoms with E-state index in [4.69, 9.17) is 11.6 Å². The Kier molecular flexibility index (Phi) is 5.20. The molecule has 152 valence electrons. The summed E-state index contributed by atoms with van der Waals surface area (Å²) in [6, 6.07) is 6.24. The molecule has 0 radical (unpaired) electrons. The fourth-order valence-corrected chi connectivity index (χ4v) is 4.97. The summed E-state index contributed by atoms with van der Waals surface area (Å²) < 4.78 is 0. The third-order valence-electron chi connectivity index (χ3n) is 7.18. The number of rotatable bonds is 3. The highest BCUT2D eigenvalue weighted by Gasteiger charge is 2.48. The third-order valence-corrected chi connectivity index (χ3v) is 7.61. The largest absolute Gasteiger partial charge is 0.342 e. The lowest BCUT2D eigenvalue weighted by Gasteiger charge is -2.34. The number of aryl methyl sites for hydroxylation is 1. The van der Waals surface area contributed by atoms with Gasteiger partial charge in [-0.05, 0) is 55.7 Å². The lowest BCUT2D eigenvalue weighted by Crippen LogP contribution is -2.45. The Morgan fingerprint density at radius 1 is 1.11 bits per heavy atom. The van der Waals surface area contributed by atoms with Gasteiger partial charge in [-0.15, -0.1) is 0 Å². The smallest absolute Gasteiger partial charge is 0.228 e. The number of benzene rings is 1. The minimum absolute atomic E-state index is 0.0639. The van der Waals surface area contributed by atoms with Crippen LogP contribution in [0.3, 0.4) is 0 Å². The Morgan fingerprint density at radius 3 is 2.39 bits per heavy atom. The lowest BCUT2D eigenvalue weighted by molar-refractivity contribution is -0.142. The lowest BCUT2D eigenvalue weighted by atomic mass is 9.89. The number of carbonyl (C=O) groups is 2. The van der Waals surface area contributed by atoms with Gasteiger partial charge in [0.2, 0.25) is 11.8 Å². The second-order valence-corrected chi connectivity index (χ2v) is 9.87. The van der Waals surface area contributed by atoms with Crippen molar-refractivity contribution in [3.63, 3.8) is 0 Å². The number of amides is 2. The van der Waals surface area contributed by atoms with Crippen LogP contribution in [0.2, 0.25) is 5.02 Å². The molecule has 0 aromatic heterocycles. The summed E-state index contributed by atoms with van der Waals surface area (Å²) in [7, 11) is 0. The normalized spacial score (nSPS) is 27.1. The van der Waals surface area contributed by atoms with E-state index in [1.54, 1.807) is 0 Å². The standard InChI is InChI=1S/C23H31ClN2O2/c1-15-12-18(4-5-20(15)24)19-14-26(13-16(19)2)21(27)17-6-10-25(11-7-17)22(28)23(3)8-9-23/h4-5,12,16-17,19H,6-11,13-14H2,1-3H3/t16-,19-/m0/s1. The molecule has 0 unspecified atom stereocenters. The molecule has 4 rings (SSSR count). The minimum atomic E-state index is -0.106. The zero-order valence-electron chi connectivity index (χ0n) is 17.2. The number of hydrogen-bond donors (Lipinski definition) is 0. The van der Waals surface area contributed by atoms with Crippen LogP contribution >= 0.6 is 11.6 Å². The van der Waals surface area contributed by atoms with Gasteiger partial charge in [0, 0.05) is 48.5 Å². The molecule has 3 fully saturated rings. The molecule has 1 saturated carbocycles. The highest BCUT2D eigenvalue weighted by atomic mass is 35.5. The summed E-state index contributed by atoms with van der Waals surface area (Å²) >= 11 is 6.18. The second kappa shape index (κ2) is 7.37. The molecule has 1 aromatic carbocycles. The van der Waals surface area contributed by atoms with Crippen molar-refractivity contribution in [3.05, 3.63) is 34.3 Å². The van der Waals surface area contributed by atoms with E-state index in [0.717, 1.165) is 62.4 Å². The van der Waals surface area contributed by atoms with Crippen molar-refractivity contribution in [3.8, 4) is 0 Å². The van der Waals surface area contributed by atoms with Gasteiger partial charge in [0.25, 0.3) is 0 Å². The van der Waals surface area contributed by atoms with Crippen molar-refractivity contribution in [1.82, 2.24) is 9.80 Å². The van der Waals surface area contributed by atoms with Gasteiger partial charge in [0.1, 0.15) is 0 Å². The van der Waals surface area contributed by atoms with Gasteiger partial charge in [0.05, 0.1) is 0 Å². The van der Waals surface area contributed by atoms with Crippen molar-refractivity contribution in [2.75, 3.05) is 26.2 Å². The third kappa shape index (κ3) is 3.68. The molecule has 0 spiro atoms. The van der Waals surface area contributed by atoms with E-state index in [9.17, 15) is 9.59 Å². The Morgan fingerprint density at radius 2 is 1.79 bits per heavy atom. The molecule has 3 aliphatic rings. The average Bonchev–Trinajstić information content (AvgIpc) is 3.33. The van der Waals surface area contributed by atoms with Crippen LogP contribution in [0.5, 0.6) is 0 Å². The molecule has 2 aliphatic heterocycles. The second-order valence-electron chi connectivity index (χ2n) is 9.46. The van der Waals surface area contributed by atoms with E-state index < -0.39 is 0 Å². The van der Waals surface area contributed by atoms with Gasteiger partial charge in [-0.3, -0.25) is 9.59 Å². The summed E-state index contributed by atoms with van der Waals surface area (Å²) in [5.74, 6) is 1.46. The zero-order chi connectivity index (χ0) is 20.1. The molecule has 2 saturated heterocycles. The zero-order valence-corrected chi connectivity index (χ0v) is 18.0. The summed E-state index contributed by atoms with van der Waals surface area (Å²) in [6.07, 6.45) is 3.64. The molecule has 28 heavy (non-hydrogen) atoms. The number of piperidine rings is 1. The van der Waals surface area contributed by atoms with Crippen molar-refractivity contribution in [1.29, 1.82) is 0 Å². The van der Waals surface area contributed by atoms with Crippen molar-refractivity contribution in [2.24, 2.45) is 17.3 Å². The van der Waals surface area contributed by atoms with E-state index in [0.29, 0.717) is 17.7 Å². The monoisotopic (exact) mass is 402 g/mol. The summed E-state index contributed by atoms with van der Waals surface area (Å²) in [5, 5.41) is 0.795. The van der Waals surface area contributed by atoms with Gasteiger partial charge < -0.3 is 9.80 Å². The van der Waals surface area contributed by atoms with Gasteiger partial charge >= 0.3 is 0 Å². The molecule has 5 heteroatoms. The highest BCUT2D eigenvalue weighted by molar-refractivity contribution is 6.31. The Hall–Kier alpha value is -1.55. The number of nitrogens with zero attached hydrogens (tertiary/aromatic N) is 2. The molecule has 0 bridgehead atoms. The van der Waals surface area contributed by atoms with Crippen LogP contribution in [-0.4, -0.2) is 47.8 Å². The van der Waals surface area contributed by atoms with Crippen LogP contribution in [-0.2, 0) is 9.59 Å². The molecule has 2 heterocycles. The number of carbonyl (C=O) groups excluding carboxylic acids is 2. The van der Waals surface area contributed by atoms with Crippen LogP contribution < -0.4 is 0 Å². The Balaban J connectivity index is 1.35. The molecule has 1 aliphatic carbocycles. The molecular weight excluding hydrogens is 372 g/mol. The quantitative estimate of drug-likeness (QED) is 0.758. The topological polar surface area (TPSA) is 40.6 Å². The Bertz CT molecular complexity index is 781. The first-order valence-corrected chi connectivity index (χ1v) is 11.0. The fraction of sp³-hybridized carbons (Fsp3) is 0.652. The predicted octanol–water partition coefficient (Wildman–Crippen LogP) is 4.25. The first-order valence-electron chi connectivity index (χ1n) is 10.6. The van der Waals surface area contributed by atoms with Crippen molar-refractivity contribution < 1.29 is 9.59 Å². The summed E-state index contributed by atoms with van der Waals surface area (Å²) in [5.41, 5.74) is 2.27. The van der Waals surface area contributed by atoms with E-state index >= 15 is 0 Å². The fourth-order valence-electron chi connectivity index (χ4n) is 4.85. The van der Waals surface area contributed by atoms with Gasteiger partial charge in [-0.25, -0.2) is 0 Å². The van der Waals surface area contributed by atoms with Gasteiger partial charge in [-0.1, -0.05) is 37.6 Å². The van der Waals surface area contributed by atoms with Crippen LogP contribution in [0, 0.1) is 24.2 Å². The molecule has 4 nitrogen and oxygen atoms in total. The first kappa shape index (κ1) is 19.8. The SMILES string of the molecule is Cc1cc([C@H]2CN(C(=O)C3CCN(C(=O)C4(C)CC4)CC3)C[C@@H]2C)ccc1Cl. The van der Waals surface area contributed by atoms with E-state index in [1.807, 2.05) is 17.9 Å². The average molecular weight is 403 g/mol. The van der Waals surface area contributed by atoms with E-state index in [2.05, 4.69) is 30.9 Å². The van der Waals surface area contributed by atoms with Crippen LogP contribution in [0.15, 0.2) is 18.2 Å². The first-order chi connectivity index (χ1) is 13.3. The predicted molar refractivity (Wildman–Crippen MR) is 111 cm³/mol.